The molecule has 4 aromatic rings. The van der Waals surface area contributed by atoms with E-state index in [1.165, 1.54) is 0 Å². The van der Waals surface area contributed by atoms with Crippen LogP contribution in [0.4, 0.5) is 11.5 Å². The van der Waals surface area contributed by atoms with Crippen molar-refractivity contribution in [2.45, 2.75) is 38.5 Å². The molecule has 0 bridgehead atoms. The standard InChI is InChI=1S/C27H25N5O4/c1-2-27(35)19-12-21-24-16(13-32(21)25(33)18(19)14-36-26(27)34)11-15-5-3-7-20(23(15)31-24)29-10-9-17-6-4-8-22(28)30-17/h3-8,11-12,29,35H,2,9-10,13-14H2,1H3,(H2,28,30)/t27-/m0/s1. The number of benzene rings is 1. The van der Waals surface area contributed by atoms with Crippen molar-refractivity contribution in [3.05, 3.63) is 81.3 Å². The maximum atomic E-state index is 13.4. The summed E-state index contributed by atoms with van der Waals surface area (Å²) in [6.45, 7) is 2.57. The molecule has 3 aromatic heterocycles. The van der Waals surface area contributed by atoms with Gasteiger partial charge in [0.15, 0.2) is 5.60 Å². The van der Waals surface area contributed by atoms with Gasteiger partial charge in [0.05, 0.1) is 34.7 Å². The Balaban J connectivity index is 1.40. The molecule has 0 amide bonds. The number of nitrogens with zero attached hydrogens (tertiary/aromatic N) is 3. The summed E-state index contributed by atoms with van der Waals surface area (Å²) in [6.07, 6.45) is 0.804. The van der Waals surface area contributed by atoms with Crippen LogP contribution >= 0.6 is 0 Å². The molecule has 1 atom stereocenters. The van der Waals surface area contributed by atoms with Crippen LogP contribution < -0.4 is 16.6 Å². The van der Waals surface area contributed by atoms with E-state index < -0.39 is 11.6 Å². The molecule has 9 nitrogen and oxygen atoms in total. The Hall–Kier alpha value is -4.24. The third-order valence-corrected chi connectivity index (χ3v) is 7.06. The predicted molar refractivity (Wildman–Crippen MR) is 135 cm³/mol. The number of pyridine rings is 3. The number of cyclic esters (lactones) is 1. The van der Waals surface area contributed by atoms with E-state index in [4.69, 9.17) is 15.5 Å². The number of ether oxygens (including phenoxy) is 1. The van der Waals surface area contributed by atoms with Gasteiger partial charge < -0.3 is 25.5 Å². The number of anilines is 2. The van der Waals surface area contributed by atoms with Gasteiger partial charge in [-0.05, 0) is 36.8 Å². The number of nitrogens with two attached hydrogens (primary N) is 1. The van der Waals surface area contributed by atoms with Gasteiger partial charge in [-0.25, -0.2) is 14.8 Å². The maximum absolute atomic E-state index is 13.4. The smallest absolute Gasteiger partial charge is 0.343 e. The van der Waals surface area contributed by atoms with Crippen molar-refractivity contribution >= 4 is 28.4 Å². The first-order valence-electron chi connectivity index (χ1n) is 11.9. The number of carbonyl (C=O) groups excluding carboxylic acids is 1. The average molecular weight is 484 g/mol. The Morgan fingerprint density at radius 3 is 2.81 bits per heavy atom. The summed E-state index contributed by atoms with van der Waals surface area (Å²) in [5.41, 5.74) is 9.03. The van der Waals surface area contributed by atoms with Crippen LogP contribution in [0.3, 0.4) is 0 Å². The van der Waals surface area contributed by atoms with E-state index in [0.717, 1.165) is 27.8 Å². The van der Waals surface area contributed by atoms with E-state index in [1.807, 2.05) is 36.4 Å². The van der Waals surface area contributed by atoms with Crippen molar-refractivity contribution in [1.29, 1.82) is 0 Å². The van der Waals surface area contributed by atoms with Crippen molar-refractivity contribution in [3.63, 3.8) is 0 Å². The third kappa shape index (κ3) is 3.35. The summed E-state index contributed by atoms with van der Waals surface area (Å²) in [5, 5.41) is 15.5. The van der Waals surface area contributed by atoms with Gasteiger partial charge in [-0.15, -0.1) is 0 Å². The molecule has 5 heterocycles. The average Bonchev–Trinajstić information content (AvgIpc) is 3.23. The monoisotopic (exact) mass is 483 g/mol. The second-order valence-corrected chi connectivity index (χ2v) is 9.21. The first-order valence-corrected chi connectivity index (χ1v) is 11.9. The molecule has 1 aromatic carbocycles. The topological polar surface area (TPSA) is 132 Å². The van der Waals surface area contributed by atoms with Crippen LogP contribution in [-0.4, -0.2) is 32.2 Å². The van der Waals surface area contributed by atoms with E-state index >= 15 is 0 Å². The van der Waals surface area contributed by atoms with Crippen LogP contribution in [0.5, 0.6) is 0 Å². The van der Waals surface area contributed by atoms with Gasteiger partial charge in [0, 0.05) is 35.2 Å². The number of hydrogen-bond acceptors (Lipinski definition) is 8. The van der Waals surface area contributed by atoms with Crippen molar-refractivity contribution in [2.75, 3.05) is 17.6 Å². The largest absolute Gasteiger partial charge is 0.458 e. The number of fused-ring (bicyclic) bond motifs is 5. The van der Waals surface area contributed by atoms with Gasteiger partial charge in [0.2, 0.25) is 0 Å². The molecule has 2 aliphatic heterocycles. The zero-order valence-corrected chi connectivity index (χ0v) is 19.7. The summed E-state index contributed by atoms with van der Waals surface area (Å²) in [7, 11) is 0. The zero-order chi connectivity index (χ0) is 25.0. The van der Waals surface area contributed by atoms with Crippen LogP contribution in [0.15, 0.2) is 53.3 Å². The molecular weight excluding hydrogens is 458 g/mol. The molecule has 0 fully saturated rings. The Morgan fingerprint density at radius 2 is 2.00 bits per heavy atom. The number of nitrogens with one attached hydrogen (secondary N) is 1. The first kappa shape index (κ1) is 22.2. The highest BCUT2D eigenvalue weighted by Crippen LogP contribution is 2.39. The molecule has 6 rings (SSSR count). The lowest BCUT2D eigenvalue weighted by Crippen LogP contribution is -2.44. The lowest BCUT2D eigenvalue weighted by atomic mass is 9.86. The molecular formula is C27H25N5O4. The second-order valence-electron chi connectivity index (χ2n) is 9.21. The van der Waals surface area contributed by atoms with Gasteiger partial charge in [0.1, 0.15) is 12.4 Å². The number of esters is 1. The van der Waals surface area contributed by atoms with Gasteiger partial charge >= 0.3 is 5.97 Å². The molecule has 4 N–H and O–H groups in total. The van der Waals surface area contributed by atoms with Gasteiger partial charge in [-0.1, -0.05) is 25.1 Å². The Kier molecular flexibility index (Phi) is 5.04. The molecule has 0 spiro atoms. The number of aromatic nitrogens is 3. The molecule has 0 saturated carbocycles. The van der Waals surface area contributed by atoms with Crippen LogP contribution in [0.25, 0.3) is 22.3 Å². The molecule has 0 radical (unpaired) electrons. The molecule has 182 valence electrons. The van der Waals surface area contributed by atoms with Crippen LogP contribution in [0.1, 0.15) is 35.7 Å². The van der Waals surface area contributed by atoms with E-state index in [2.05, 4.69) is 10.3 Å². The van der Waals surface area contributed by atoms with Crippen molar-refractivity contribution in [2.24, 2.45) is 0 Å². The fraction of sp³-hybridized carbons (Fsp3) is 0.259. The van der Waals surface area contributed by atoms with Gasteiger partial charge in [0.25, 0.3) is 5.56 Å². The molecule has 36 heavy (non-hydrogen) atoms. The summed E-state index contributed by atoms with van der Waals surface area (Å²) in [4.78, 5) is 35.0. The summed E-state index contributed by atoms with van der Waals surface area (Å²) in [6, 6.07) is 15.3. The van der Waals surface area contributed by atoms with Gasteiger partial charge in [-0.2, -0.15) is 0 Å². The van der Waals surface area contributed by atoms with E-state index in [-0.39, 0.29) is 18.6 Å². The van der Waals surface area contributed by atoms with Crippen LogP contribution in [0, 0.1) is 0 Å². The molecule has 0 unspecified atom stereocenters. The Morgan fingerprint density at radius 1 is 1.17 bits per heavy atom. The third-order valence-electron chi connectivity index (χ3n) is 7.06. The van der Waals surface area contributed by atoms with E-state index in [9.17, 15) is 14.7 Å². The highest BCUT2D eigenvalue weighted by Gasteiger charge is 2.45. The van der Waals surface area contributed by atoms with Crippen molar-refractivity contribution in [3.8, 4) is 11.4 Å². The Labute approximate surface area is 206 Å². The predicted octanol–water partition coefficient (Wildman–Crippen LogP) is 2.71. The van der Waals surface area contributed by atoms with E-state index in [1.54, 1.807) is 23.6 Å². The zero-order valence-electron chi connectivity index (χ0n) is 19.7. The normalized spacial score (nSPS) is 17.9. The first-order chi connectivity index (χ1) is 17.4. The minimum absolute atomic E-state index is 0.107. The summed E-state index contributed by atoms with van der Waals surface area (Å²) >= 11 is 0. The lowest BCUT2D eigenvalue weighted by Gasteiger charge is -2.31. The van der Waals surface area contributed by atoms with Crippen molar-refractivity contribution < 1.29 is 14.6 Å². The fourth-order valence-electron chi connectivity index (χ4n) is 5.11. The van der Waals surface area contributed by atoms with Crippen LogP contribution in [-0.2, 0) is 34.7 Å². The quantitative estimate of drug-likeness (QED) is 0.325. The molecule has 0 aliphatic carbocycles. The van der Waals surface area contributed by atoms with E-state index in [0.29, 0.717) is 47.8 Å². The fourth-order valence-corrected chi connectivity index (χ4v) is 5.11. The molecule has 9 heteroatoms. The number of para-hydroxylation sites is 1. The number of aliphatic hydroxyl groups is 1. The Bertz CT molecular complexity index is 1610. The molecule has 2 aliphatic rings. The summed E-state index contributed by atoms with van der Waals surface area (Å²) < 4.78 is 6.79. The lowest BCUT2D eigenvalue weighted by molar-refractivity contribution is -0.172. The second kappa shape index (κ2) is 8.17. The van der Waals surface area contributed by atoms with Crippen LogP contribution in [0.2, 0.25) is 0 Å². The number of hydrogen-bond donors (Lipinski definition) is 3. The maximum Gasteiger partial charge on any atom is 0.343 e. The van der Waals surface area contributed by atoms with Gasteiger partial charge in [-0.3, -0.25) is 4.79 Å². The molecule has 0 saturated heterocycles. The highest BCUT2D eigenvalue weighted by atomic mass is 16.6. The summed E-state index contributed by atoms with van der Waals surface area (Å²) in [5.74, 6) is -0.234. The SMILES string of the molecule is CC[C@@]1(O)C(=O)OCc2c1cc1n(c2=O)Cc2cc3cccc(NCCc4cccc(N)n4)c3nc2-1. The minimum Gasteiger partial charge on any atom is -0.458 e. The number of rotatable bonds is 5. The minimum atomic E-state index is -1.84. The number of nitrogen functional groups attached to an aromatic ring is 1. The number of carbonyl (C=O) groups is 1. The van der Waals surface area contributed by atoms with Crippen molar-refractivity contribution in [1.82, 2.24) is 14.5 Å². The highest BCUT2D eigenvalue weighted by molar-refractivity contribution is 5.93.